The second-order valence-electron chi connectivity index (χ2n) is 6.21. The van der Waals surface area contributed by atoms with Crippen molar-refractivity contribution in [1.82, 2.24) is 14.8 Å². The highest BCUT2D eigenvalue weighted by Crippen LogP contribution is 2.27. The van der Waals surface area contributed by atoms with Crippen LogP contribution in [-0.4, -0.2) is 27.9 Å². The average molecular weight is 282 g/mol. The first-order valence-corrected chi connectivity index (χ1v) is 7.83. The Morgan fingerprint density at radius 1 is 1.21 bits per heavy atom. The lowest BCUT2D eigenvalue weighted by atomic mass is 9.89. The fraction of sp³-hybridized carbons (Fsp3) is 0.857. The van der Waals surface area contributed by atoms with Gasteiger partial charge in [-0.25, -0.2) is 5.10 Å². The molecule has 1 atom stereocenters. The minimum Gasteiger partial charge on any atom is -0.341 e. The predicted molar refractivity (Wildman–Crippen MR) is 82.2 cm³/mol. The van der Waals surface area contributed by atoms with Gasteiger partial charge in [0.15, 0.2) is 4.77 Å². The predicted octanol–water partition coefficient (Wildman–Crippen LogP) is 3.78. The fourth-order valence-electron chi connectivity index (χ4n) is 2.97. The third kappa shape index (κ3) is 3.19. The van der Waals surface area contributed by atoms with E-state index in [2.05, 4.69) is 47.4 Å². The molecule has 108 valence electrons. The molecule has 4 nitrogen and oxygen atoms in total. The Labute approximate surface area is 121 Å². The van der Waals surface area contributed by atoms with Crippen LogP contribution in [-0.2, 0) is 0 Å². The Bertz CT molecular complexity index is 460. The normalized spacial score (nSPS) is 21.2. The van der Waals surface area contributed by atoms with E-state index in [0.717, 1.165) is 35.6 Å². The maximum atomic E-state index is 5.34. The molecule has 1 fully saturated rings. The maximum absolute atomic E-state index is 5.34. The van der Waals surface area contributed by atoms with Gasteiger partial charge in [-0.1, -0.05) is 13.8 Å². The van der Waals surface area contributed by atoms with E-state index < -0.39 is 0 Å². The highest BCUT2D eigenvalue weighted by atomic mass is 32.1. The summed E-state index contributed by atoms with van der Waals surface area (Å²) >= 11 is 5.34. The Balaban J connectivity index is 2.17. The smallest absolute Gasteiger partial charge is 0.225 e. The first-order valence-electron chi connectivity index (χ1n) is 7.42. The summed E-state index contributed by atoms with van der Waals surface area (Å²) in [6.45, 7) is 11.2. The topological polar surface area (TPSA) is 36.9 Å². The molecule has 2 rings (SSSR count). The Morgan fingerprint density at radius 3 is 2.58 bits per heavy atom. The van der Waals surface area contributed by atoms with Gasteiger partial charge in [-0.3, -0.25) is 4.57 Å². The molecule has 0 spiro atoms. The summed E-state index contributed by atoms with van der Waals surface area (Å²) in [5.41, 5.74) is 0. The minimum absolute atomic E-state index is 0.352. The summed E-state index contributed by atoms with van der Waals surface area (Å²) in [5.74, 6) is 2.65. The van der Waals surface area contributed by atoms with Crippen LogP contribution in [0.5, 0.6) is 0 Å². The monoisotopic (exact) mass is 282 g/mol. The molecule has 1 aliphatic rings. The number of aromatic amines is 1. The molecule has 0 saturated carbocycles. The molecule has 1 aliphatic heterocycles. The van der Waals surface area contributed by atoms with Gasteiger partial charge in [0.2, 0.25) is 5.95 Å². The molecule has 0 amide bonds. The maximum Gasteiger partial charge on any atom is 0.225 e. The zero-order valence-corrected chi connectivity index (χ0v) is 13.3. The van der Waals surface area contributed by atoms with Crippen LogP contribution in [0, 0.1) is 16.6 Å². The van der Waals surface area contributed by atoms with Gasteiger partial charge < -0.3 is 4.90 Å². The molecule has 5 heteroatoms. The molecule has 0 bridgehead atoms. The number of hydrogen-bond donors (Lipinski definition) is 1. The van der Waals surface area contributed by atoms with Gasteiger partial charge in [-0.2, -0.15) is 0 Å². The molecule has 1 aromatic heterocycles. The van der Waals surface area contributed by atoms with Gasteiger partial charge in [0, 0.05) is 19.1 Å². The van der Waals surface area contributed by atoms with E-state index in [-0.39, 0.29) is 0 Å². The summed E-state index contributed by atoms with van der Waals surface area (Å²) < 4.78 is 2.86. The molecular weight excluding hydrogens is 256 g/mol. The largest absolute Gasteiger partial charge is 0.341 e. The second-order valence-corrected chi connectivity index (χ2v) is 6.60. The van der Waals surface area contributed by atoms with Crippen molar-refractivity contribution in [3.05, 3.63) is 4.77 Å². The van der Waals surface area contributed by atoms with E-state index in [1.165, 1.54) is 19.3 Å². The van der Waals surface area contributed by atoms with Crippen LogP contribution in [0.2, 0.25) is 0 Å². The molecule has 1 aromatic rings. The lowest BCUT2D eigenvalue weighted by molar-refractivity contribution is 0.351. The van der Waals surface area contributed by atoms with Crippen LogP contribution in [0.4, 0.5) is 5.95 Å². The van der Waals surface area contributed by atoms with Gasteiger partial charge in [-0.15, -0.1) is 5.10 Å². The van der Waals surface area contributed by atoms with Gasteiger partial charge >= 0.3 is 0 Å². The van der Waals surface area contributed by atoms with Crippen LogP contribution in [0.1, 0.15) is 53.0 Å². The van der Waals surface area contributed by atoms with Gasteiger partial charge in [0.05, 0.1) is 0 Å². The lowest BCUT2D eigenvalue weighted by Crippen LogP contribution is -2.28. The van der Waals surface area contributed by atoms with Crippen molar-refractivity contribution in [2.75, 3.05) is 18.0 Å². The van der Waals surface area contributed by atoms with E-state index in [9.17, 15) is 0 Å². The molecule has 1 N–H and O–H groups in total. The number of nitrogens with one attached hydrogen (secondary N) is 1. The van der Waals surface area contributed by atoms with Crippen LogP contribution in [0.3, 0.4) is 0 Å². The number of anilines is 1. The van der Waals surface area contributed by atoms with E-state index in [1.807, 2.05) is 0 Å². The van der Waals surface area contributed by atoms with Gasteiger partial charge in [-0.05, 0) is 57.2 Å². The molecule has 0 radical (unpaired) electrons. The molecule has 19 heavy (non-hydrogen) atoms. The van der Waals surface area contributed by atoms with E-state index >= 15 is 0 Å². The van der Waals surface area contributed by atoms with Crippen molar-refractivity contribution < 1.29 is 0 Å². The van der Waals surface area contributed by atoms with Crippen molar-refractivity contribution in [3.8, 4) is 0 Å². The average Bonchev–Trinajstić information content (AvgIpc) is 2.59. The zero-order chi connectivity index (χ0) is 14.0. The van der Waals surface area contributed by atoms with Crippen LogP contribution in [0.25, 0.3) is 0 Å². The lowest BCUT2D eigenvalue weighted by Gasteiger charge is -2.24. The van der Waals surface area contributed by atoms with Gasteiger partial charge in [0.25, 0.3) is 0 Å². The third-order valence-corrected chi connectivity index (χ3v) is 4.49. The Morgan fingerprint density at radius 2 is 1.95 bits per heavy atom. The number of H-pyrrole nitrogens is 1. The van der Waals surface area contributed by atoms with Crippen molar-refractivity contribution in [2.24, 2.45) is 11.8 Å². The summed E-state index contributed by atoms with van der Waals surface area (Å²) in [5, 5.41) is 7.39. The summed E-state index contributed by atoms with van der Waals surface area (Å²) in [4.78, 5) is 2.40. The number of aromatic nitrogens is 3. The van der Waals surface area contributed by atoms with Crippen LogP contribution in [0.15, 0.2) is 0 Å². The van der Waals surface area contributed by atoms with Crippen LogP contribution < -0.4 is 4.90 Å². The summed E-state index contributed by atoms with van der Waals surface area (Å²) in [7, 11) is 0. The molecule has 0 aliphatic carbocycles. The quantitative estimate of drug-likeness (QED) is 0.857. The van der Waals surface area contributed by atoms with E-state index in [1.54, 1.807) is 0 Å². The number of nitrogens with zero attached hydrogens (tertiary/aromatic N) is 3. The molecule has 2 heterocycles. The third-order valence-electron chi connectivity index (χ3n) is 4.20. The molecule has 0 aromatic carbocycles. The molecular formula is C14H26N4S. The minimum atomic E-state index is 0.352. The Kier molecular flexibility index (Phi) is 4.66. The standard InChI is InChI=1S/C14H26N4S/c1-10(2)12-6-5-8-17(9-7-12)13-15-16-14(19)18(13)11(3)4/h10-12H,5-9H2,1-4H3,(H,16,19). The highest BCUT2D eigenvalue weighted by molar-refractivity contribution is 7.71. The molecule has 1 unspecified atom stereocenters. The summed E-state index contributed by atoms with van der Waals surface area (Å²) in [6, 6.07) is 0.352. The number of rotatable bonds is 3. The first kappa shape index (κ1) is 14.6. The SMILES string of the molecule is CC(C)C1CCCN(c2n[nH]c(=S)n2C(C)C)CC1. The second kappa shape index (κ2) is 6.07. The van der Waals surface area contributed by atoms with Crippen molar-refractivity contribution in [3.63, 3.8) is 0 Å². The van der Waals surface area contributed by atoms with Crippen molar-refractivity contribution in [1.29, 1.82) is 0 Å². The number of hydrogen-bond acceptors (Lipinski definition) is 3. The summed E-state index contributed by atoms with van der Waals surface area (Å²) in [6.07, 6.45) is 3.84. The fourth-order valence-corrected chi connectivity index (χ4v) is 3.31. The van der Waals surface area contributed by atoms with Crippen LogP contribution >= 0.6 is 12.2 Å². The first-order chi connectivity index (χ1) is 9.00. The van der Waals surface area contributed by atoms with Crippen molar-refractivity contribution >= 4 is 18.2 Å². The van der Waals surface area contributed by atoms with E-state index in [0.29, 0.717) is 6.04 Å². The Hall–Kier alpha value is -0.840. The molecule has 1 saturated heterocycles. The van der Waals surface area contributed by atoms with Crippen molar-refractivity contribution in [2.45, 2.75) is 53.0 Å². The van der Waals surface area contributed by atoms with Gasteiger partial charge in [0.1, 0.15) is 0 Å². The highest BCUT2D eigenvalue weighted by Gasteiger charge is 2.23. The zero-order valence-electron chi connectivity index (χ0n) is 12.5. The van der Waals surface area contributed by atoms with E-state index in [4.69, 9.17) is 12.2 Å².